The summed E-state index contributed by atoms with van der Waals surface area (Å²) in [6, 6.07) is 6.44. The number of amides is 1. The number of aryl methyl sites for hydroxylation is 1. The molecule has 2 aromatic rings. The predicted molar refractivity (Wildman–Crippen MR) is 90.3 cm³/mol. The second-order valence-electron chi connectivity index (χ2n) is 6.93. The number of aliphatic carboxylic acids is 1. The zero-order valence-corrected chi connectivity index (χ0v) is 14.5. The standard InChI is InChI=1S/C18H21N3O4/c1-18(2)11-21(15(18)16-19-8-9-20(16)3)17(24)12-4-6-13(7-5-12)25-10-14(22)23/h4-9,15H,10-11H2,1-3H3,(H,22,23). The summed E-state index contributed by atoms with van der Waals surface area (Å²) in [6.45, 7) is 4.49. The van der Waals surface area contributed by atoms with E-state index >= 15 is 0 Å². The number of likely N-dealkylation sites (tertiary alicyclic amines) is 1. The van der Waals surface area contributed by atoms with Gasteiger partial charge in [0.25, 0.3) is 5.91 Å². The van der Waals surface area contributed by atoms with Crippen LogP contribution in [0.2, 0.25) is 0 Å². The summed E-state index contributed by atoms with van der Waals surface area (Å²) >= 11 is 0. The van der Waals surface area contributed by atoms with Gasteiger partial charge in [-0.3, -0.25) is 4.79 Å². The molecule has 1 aromatic carbocycles. The predicted octanol–water partition coefficient (Wildman–Crippen LogP) is 2.11. The molecule has 1 saturated heterocycles. The first-order valence-corrected chi connectivity index (χ1v) is 8.02. The van der Waals surface area contributed by atoms with Gasteiger partial charge in [-0.25, -0.2) is 9.78 Å². The van der Waals surface area contributed by atoms with Crippen LogP contribution in [0.4, 0.5) is 0 Å². The lowest BCUT2D eigenvalue weighted by Gasteiger charge is -2.53. The molecule has 1 N–H and O–H groups in total. The molecule has 1 unspecified atom stereocenters. The van der Waals surface area contributed by atoms with Gasteiger partial charge in [-0.1, -0.05) is 13.8 Å². The van der Waals surface area contributed by atoms with Crippen molar-refractivity contribution < 1.29 is 19.4 Å². The molecule has 1 aliphatic heterocycles. The fourth-order valence-corrected chi connectivity index (χ4v) is 3.25. The smallest absolute Gasteiger partial charge is 0.341 e. The van der Waals surface area contributed by atoms with Gasteiger partial charge in [0.2, 0.25) is 0 Å². The number of aromatic nitrogens is 2. The summed E-state index contributed by atoms with van der Waals surface area (Å²) in [4.78, 5) is 29.6. The van der Waals surface area contributed by atoms with Gasteiger partial charge in [-0.2, -0.15) is 0 Å². The van der Waals surface area contributed by atoms with Crippen molar-refractivity contribution in [3.8, 4) is 5.75 Å². The molecule has 0 bridgehead atoms. The molecule has 0 saturated carbocycles. The van der Waals surface area contributed by atoms with Crippen molar-refractivity contribution in [3.63, 3.8) is 0 Å². The van der Waals surface area contributed by atoms with Crippen molar-refractivity contribution in [2.24, 2.45) is 12.5 Å². The fourth-order valence-electron chi connectivity index (χ4n) is 3.25. The maximum atomic E-state index is 12.9. The number of hydrogen-bond acceptors (Lipinski definition) is 4. The first-order chi connectivity index (χ1) is 11.8. The average Bonchev–Trinajstić information content (AvgIpc) is 2.96. The molecule has 1 fully saturated rings. The average molecular weight is 343 g/mol. The van der Waals surface area contributed by atoms with Gasteiger partial charge in [-0.05, 0) is 24.3 Å². The number of rotatable bonds is 5. The minimum atomic E-state index is -1.04. The van der Waals surface area contributed by atoms with Crippen molar-refractivity contribution in [2.75, 3.05) is 13.2 Å². The maximum Gasteiger partial charge on any atom is 0.341 e. The van der Waals surface area contributed by atoms with E-state index in [0.29, 0.717) is 17.9 Å². The Kier molecular flexibility index (Phi) is 4.24. The van der Waals surface area contributed by atoms with Crippen LogP contribution in [0, 0.1) is 5.41 Å². The highest BCUT2D eigenvalue weighted by molar-refractivity contribution is 5.95. The number of ether oxygens (including phenoxy) is 1. The lowest BCUT2D eigenvalue weighted by molar-refractivity contribution is -0.139. The molecular formula is C18H21N3O4. The zero-order valence-electron chi connectivity index (χ0n) is 14.5. The molecule has 132 valence electrons. The summed E-state index contributed by atoms with van der Waals surface area (Å²) in [5.74, 6) is 0.174. The van der Waals surface area contributed by atoms with E-state index < -0.39 is 12.6 Å². The molecule has 0 spiro atoms. The molecule has 3 rings (SSSR count). The van der Waals surface area contributed by atoms with E-state index in [0.717, 1.165) is 5.82 Å². The number of carboxylic acids is 1. The monoisotopic (exact) mass is 343 g/mol. The van der Waals surface area contributed by atoms with E-state index in [1.165, 1.54) is 0 Å². The van der Waals surface area contributed by atoms with Crippen molar-refractivity contribution >= 4 is 11.9 Å². The van der Waals surface area contributed by atoms with Crippen LogP contribution in [0.5, 0.6) is 5.75 Å². The van der Waals surface area contributed by atoms with Crippen LogP contribution in [0.25, 0.3) is 0 Å². The minimum absolute atomic E-state index is 0.0423. The quantitative estimate of drug-likeness (QED) is 0.899. The van der Waals surface area contributed by atoms with Crippen molar-refractivity contribution in [2.45, 2.75) is 19.9 Å². The van der Waals surface area contributed by atoms with Crippen molar-refractivity contribution in [1.82, 2.24) is 14.5 Å². The molecule has 2 heterocycles. The fraction of sp³-hybridized carbons (Fsp3) is 0.389. The van der Waals surface area contributed by atoms with Gasteiger partial charge in [0.1, 0.15) is 11.6 Å². The third-order valence-electron chi connectivity index (χ3n) is 4.46. The highest BCUT2D eigenvalue weighted by Gasteiger charge is 2.50. The van der Waals surface area contributed by atoms with Gasteiger partial charge in [0.15, 0.2) is 6.61 Å². The third kappa shape index (κ3) is 3.22. The molecule has 1 atom stereocenters. The van der Waals surface area contributed by atoms with E-state index in [-0.39, 0.29) is 17.4 Å². The van der Waals surface area contributed by atoms with E-state index in [2.05, 4.69) is 18.8 Å². The van der Waals surface area contributed by atoms with Crippen LogP contribution in [0.3, 0.4) is 0 Å². The molecule has 7 heteroatoms. The summed E-state index contributed by atoms with van der Waals surface area (Å²) in [6.07, 6.45) is 3.61. The number of hydrogen-bond donors (Lipinski definition) is 1. The SMILES string of the molecule is Cn1ccnc1C1N(C(=O)c2ccc(OCC(=O)O)cc2)CC1(C)C. The van der Waals surface area contributed by atoms with E-state index in [1.807, 2.05) is 22.7 Å². The first kappa shape index (κ1) is 17.0. The molecule has 25 heavy (non-hydrogen) atoms. The number of carbonyl (C=O) groups excluding carboxylic acids is 1. The van der Waals surface area contributed by atoms with Gasteiger partial charge in [0, 0.05) is 37.0 Å². The number of carboxylic acid groups (broad SMARTS) is 1. The molecule has 0 radical (unpaired) electrons. The Hall–Kier alpha value is -2.83. The summed E-state index contributed by atoms with van der Waals surface area (Å²) < 4.78 is 7.03. The third-order valence-corrected chi connectivity index (χ3v) is 4.46. The molecular weight excluding hydrogens is 322 g/mol. The lowest BCUT2D eigenvalue weighted by Crippen LogP contribution is -2.58. The summed E-state index contributed by atoms with van der Waals surface area (Å²) in [5, 5.41) is 8.63. The molecule has 1 aromatic heterocycles. The van der Waals surface area contributed by atoms with Gasteiger partial charge < -0.3 is 19.3 Å². The van der Waals surface area contributed by atoms with Crippen LogP contribution in [0.1, 0.15) is 36.1 Å². The number of carbonyl (C=O) groups is 2. The second kappa shape index (κ2) is 6.23. The zero-order chi connectivity index (χ0) is 18.2. The van der Waals surface area contributed by atoms with E-state index in [9.17, 15) is 9.59 Å². The van der Waals surface area contributed by atoms with E-state index in [4.69, 9.17) is 9.84 Å². The Labute approximate surface area is 145 Å². The van der Waals surface area contributed by atoms with Crippen LogP contribution in [-0.2, 0) is 11.8 Å². The van der Waals surface area contributed by atoms with Gasteiger partial charge >= 0.3 is 5.97 Å². The highest BCUT2D eigenvalue weighted by atomic mass is 16.5. The van der Waals surface area contributed by atoms with Gasteiger partial charge in [-0.15, -0.1) is 0 Å². The van der Waals surface area contributed by atoms with Crippen LogP contribution >= 0.6 is 0 Å². The van der Waals surface area contributed by atoms with Crippen molar-refractivity contribution in [1.29, 1.82) is 0 Å². The number of benzene rings is 1. The Balaban J connectivity index is 1.76. The Bertz CT molecular complexity index is 795. The number of imidazole rings is 1. The normalized spacial score (nSPS) is 18.5. The topological polar surface area (TPSA) is 84.7 Å². The second-order valence-corrected chi connectivity index (χ2v) is 6.93. The summed E-state index contributed by atoms with van der Waals surface area (Å²) in [5.41, 5.74) is 0.497. The number of nitrogens with zero attached hydrogens (tertiary/aromatic N) is 3. The van der Waals surface area contributed by atoms with Gasteiger partial charge in [0.05, 0.1) is 6.04 Å². The van der Waals surface area contributed by atoms with Crippen LogP contribution < -0.4 is 4.74 Å². The van der Waals surface area contributed by atoms with Crippen LogP contribution in [0.15, 0.2) is 36.7 Å². The Morgan fingerprint density at radius 1 is 1.32 bits per heavy atom. The maximum absolute atomic E-state index is 12.9. The molecule has 7 nitrogen and oxygen atoms in total. The largest absolute Gasteiger partial charge is 0.482 e. The molecule has 1 aliphatic rings. The van der Waals surface area contributed by atoms with Crippen LogP contribution in [-0.4, -0.2) is 44.6 Å². The molecule has 0 aliphatic carbocycles. The minimum Gasteiger partial charge on any atom is -0.482 e. The summed E-state index contributed by atoms with van der Waals surface area (Å²) in [7, 11) is 1.92. The van der Waals surface area contributed by atoms with E-state index in [1.54, 1.807) is 30.5 Å². The Morgan fingerprint density at radius 2 is 2.00 bits per heavy atom. The Morgan fingerprint density at radius 3 is 2.52 bits per heavy atom. The first-order valence-electron chi connectivity index (χ1n) is 8.02. The highest BCUT2D eigenvalue weighted by Crippen LogP contribution is 2.48. The van der Waals surface area contributed by atoms with Crippen molar-refractivity contribution in [3.05, 3.63) is 48.0 Å². The molecule has 1 amide bonds. The lowest BCUT2D eigenvalue weighted by atomic mass is 9.74.